The second-order valence-electron chi connectivity index (χ2n) is 25.1. The topological polar surface area (TPSA) is 465 Å². The average molecular weight is 1360 g/mol. The number of aromatic nitrogens is 4. The molecule has 38 heteroatoms. The summed E-state index contributed by atoms with van der Waals surface area (Å²) in [5.41, 5.74) is 11.9. The van der Waals surface area contributed by atoms with Crippen molar-refractivity contribution in [3.05, 3.63) is 68.0 Å². The summed E-state index contributed by atoms with van der Waals surface area (Å²) in [6.07, 6.45) is -12.4. The Morgan fingerprint density at radius 1 is 0.648 bits per heavy atom. The van der Waals surface area contributed by atoms with Crippen LogP contribution in [0, 0.1) is 13.8 Å². The van der Waals surface area contributed by atoms with Crippen molar-refractivity contribution in [2.45, 2.75) is 201 Å². The molecule has 6 aliphatic rings. The van der Waals surface area contributed by atoms with E-state index < -0.39 is 188 Å². The van der Waals surface area contributed by atoms with E-state index in [0.29, 0.717) is 11.1 Å². The van der Waals surface area contributed by atoms with E-state index in [0.717, 1.165) is 30.7 Å². The van der Waals surface area contributed by atoms with E-state index in [-0.39, 0.29) is 35.9 Å². The molecule has 494 valence electrons. The van der Waals surface area contributed by atoms with Crippen LogP contribution in [0.25, 0.3) is 0 Å². The first-order valence-electron chi connectivity index (χ1n) is 28.1. The number of phosphoric ester groups is 2. The first kappa shape index (κ1) is 70.2. The molecule has 0 radical (unpaired) electrons. The van der Waals surface area contributed by atoms with Crippen LogP contribution in [0.2, 0.25) is 36.3 Å². The Bertz CT molecular complexity index is 3020. The van der Waals surface area contributed by atoms with Crippen LogP contribution < -0.4 is 43.7 Å². The fourth-order valence-corrected chi connectivity index (χ4v) is 17.0. The number of phosphoric acid groups is 2. The molecule has 2 aromatic heterocycles. The number of hydrogen-bond donors (Lipinski definition) is 10. The van der Waals surface area contributed by atoms with Gasteiger partial charge in [0.25, 0.3) is 0 Å². The summed E-state index contributed by atoms with van der Waals surface area (Å²) in [5, 5.41) is 70.5. The van der Waals surface area contributed by atoms with Crippen LogP contribution >= 0.6 is 37.2 Å². The highest BCUT2D eigenvalue weighted by Gasteiger charge is 2.58. The largest absolute Gasteiger partial charge is 0.858 e. The van der Waals surface area contributed by atoms with E-state index >= 15 is 0 Å². The average Bonchev–Trinajstić information content (AvgIpc) is 1.65. The lowest BCUT2D eigenvalue weighted by atomic mass is 10.0. The summed E-state index contributed by atoms with van der Waals surface area (Å²) in [7, 11) is -13.9. The van der Waals surface area contributed by atoms with Crippen molar-refractivity contribution < 1.29 is 95.5 Å². The Morgan fingerprint density at radius 3 is 1.33 bits per heavy atom. The van der Waals surface area contributed by atoms with E-state index in [1.807, 2.05) is 67.7 Å². The van der Waals surface area contributed by atoms with Crippen LogP contribution in [0.3, 0.4) is 0 Å². The molecule has 18 atom stereocenters. The number of rotatable bonds is 23. The van der Waals surface area contributed by atoms with Crippen LogP contribution in [-0.4, -0.2) is 188 Å². The molecule has 0 amide bonds. The van der Waals surface area contributed by atoms with Gasteiger partial charge in [-0.25, -0.2) is 38.7 Å². The minimum Gasteiger partial charge on any atom is -0.858 e. The Hall–Kier alpha value is -3.67. The van der Waals surface area contributed by atoms with Gasteiger partial charge in [-0.15, -0.1) is 0 Å². The smallest absolute Gasteiger partial charge is 0.472 e. The third-order valence-corrected chi connectivity index (χ3v) is 30.3. The number of ether oxygens (including phenoxy) is 4. The quantitative estimate of drug-likeness (QED) is 0.0411. The van der Waals surface area contributed by atoms with E-state index in [1.165, 1.54) is 38.6 Å². The van der Waals surface area contributed by atoms with Gasteiger partial charge in [-0.1, -0.05) is 63.1 Å². The summed E-state index contributed by atoms with van der Waals surface area (Å²) >= 11 is 0. The maximum absolute atomic E-state index is 14.1. The van der Waals surface area contributed by atoms with Crippen LogP contribution in [-0.2, 0) is 55.0 Å². The van der Waals surface area contributed by atoms with E-state index in [2.05, 4.69) is 20.6 Å². The van der Waals surface area contributed by atoms with Gasteiger partial charge in [0.15, 0.2) is 28.6 Å². The van der Waals surface area contributed by atoms with E-state index in [9.17, 15) is 59.1 Å². The Balaban J connectivity index is 1.01. The van der Waals surface area contributed by atoms with E-state index in [4.69, 9.17) is 67.3 Å². The molecular weight excluding hydrogens is 1270 g/mol. The molecule has 0 aliphatic carbocycles. The SMILES string of the molecule is Cc1cn([C@H]2C[C@H](O)[C@@H](COP(=O)(O)O[C@H]3[C@@H](O[Si](C)(C)C(C)(C)C)[C@H](C4=CNC(N)=NC4SSC4N=C(N)NC=C4[C@@H]4O[C@H](CO)[C@@H](OP(=O)(O)OC[C@H]5O[C@@H](n6cc(C)c([O-])nc6=O)C[C@@H]5O)[C@H]4O[Si](C)(C)C(C)(C)C)O[C@@H]3CO)O2)c(=O)nc1[O-]. The predicted octanol–water partition coefficient (Wildman–Crippen LogP) is 0.503. The van der Waals surface area contributed by atoms with Gasteiger partial charge in [-0.05, 0) is 73.0 Å². The maximum atomic E-state index is 14.1. The minimum atomic E-state index is -5.17. The molecule has 4 saturated heterocycles. The fourth-order valence-electron chi connectivity index (χ4n) is 9.76. The van der Waals surface area contributed by atoms with Gasteiger partial charge in [0.2, 0.25) is 0 Å². The molecule has 8 heterocycles. The maximum Gasteiger partial charge on any atom is 0.472 e. The number of aliphatic hydroxyl groups excluding tert-OH is 4. The Kier molecular flexibility index (Phi) is 21.6. The lowest BCUT2D eigenvalue weighted by molar-refractivity contribution is -0.277. The highest BCUT2D eigenvalue weighted by Crippen LogP contribution is 2.54. The first-order chi connectivity index (χ1) is 40.8. The van der Waals surface area contributed by atoms with Crippen molar-refractivity contribution in [2.75, 3.05) is 26.4 Å². The number of nitrogens with one attached hydrogen (secondary N) is 2. The summed E-state index contributed by atoms with van der Waals surface area (Å²) in [6, 6.07) is 0. The predicted molar refractivity (Wildman–Crippen MR) is 320 cm³/mol. The van der Waals surface area contributed by atoms with Crippen LogP contribution in [0.15, 0.2) is 55.5 Å². The second kappa shape index (κ2) is 27.1. The molecule has 4 unspecified atom stereocenters. The number of guanidine groups is 2. The number of aliphatic hydroxyl groups is 4. The molecule has 6 aliphatic heterocycles. The van der Waals surface area contributed by atoms with Crippen molar-refractivity contribution in [1.29, 1.82) is 0 Å². The first-order valence-corrected chi connectivity index (χ1v) is 39.2. The lowest BCUT2D eigenvalue weighted by Crippen LogP contribution is -2.51. The third kappa shape index (κ3) is 15.9. The van der Waals surface area contributed by atoms with Crippen LogP contribution in [0.4, 0.5) is 0 Å². The molecule has 32 nitrogen and oxygen atoms in total. The summed E-state index contributed by atoms with van der Waals surface area (Å²) in [4.78, 5) is 64.3. The van der Waals surface area contributed by atoms with Crippen LogP contribution in [0.5, 0.6) is 11.8 Å². The zero-order valence-electron chi connectivity index (χ0n) is 50.6. The normalized spacial score (nSPS) is 32.8. The van der Waals surface area contributed by atoms with Crippen molar-refractivity contribution in [3.63, 3.8) is 0 Å². The van der Waals surface area contributed by atoms with Crippen molar-refractivity contribution in [3.8, 4) is 11.8 Å². The van der Waals surface area contributed by atoms with E-state index in [1.54, 1.807) is 0 Å². The molecule has 0 spiro atoms. The Morgan fingerprint density at radius 2 is 1.00 bits per heavy atom. The number of aliphatic imine (C=N–C) groups is 2. The lowest BCUT2D eigenvalue weighted by Gasteiger charge is -2.41. The van der Waals surface area contributed by atoms with Gasteiger partial charge >= 0.3 is 27.0 Å². The Labute approximate surface area is 517 Å². The molecule has 88 heavy (non-hydrogen) atoms. The van der Waals surface area contributed by atoms with Gasteiger partial charge in [-0.2, -0.15) is 0 Å². The monoisotopic (exact) mass is 1350 g/mol. The molecule has 8 rings (SSSR count). The van der Waals surface area contributed by atoms with Crippen molar-refractivity contribution in [2.24, 2.45) is 21.5 Å². The number of hydrogen-bond acceptors (Lipinski definition) is 30. The fraction of sp³-hybridized carbons (Fsp3) is 0.720. The van der Waals surface area contributed by atoms with Gasteiger partial charge in [0.05, 0.1) is 38.6 Å². The zero-order valence-corrected chi connectivity index (χ0v) is 56.0. The highest BCUT2D eigenvalue weighted by molar-refractivity contribution is 8.77. The minimum absolute atomic E-state index is 0.0157. The second-order valence-corrected chi connectivity index (χ2v) is 39.9. The zero-order chi connectivity index (χ0) is 65.0. The van der Waals surface area contributed by atoms with Crippen molar-refractivity contribution in [1.82, 2.24) is 29.7 Å². The number of nitrogens with zero attached hydrogens (tertiary/aromatic N) is 6. The molecule has 12 N–H and O–H groups in total. The number of aryl methyl sites for hydroxylation is 2. The van der Waals surface area contributed by atoms with Gasteiger partial charge < -0.3 is 90.3 Å². The third-order valence-electron chi connectivity index (χ3n) is 16.7. The molecule has 0 saturated carbocycles. The summed E-state index contributed by atoms with van der Waals surface area (Å²) in [5.74, 6) is -1.48. The highest BCUT2D eigenvalue weighted by atomic mass is 33.1. The molecule has 2 aromatic rings. The van der Waals surface area contributed by atoms with Gasteiger partial charge in [0.1, 0.15) is 84.2 Å². The van der Waals surface area contributed by atoms with Crippen molar-refractivity contribution >= 4 is 65.8 Å². The summed E-state index contributed by atoms with van der Waals surface area (Å²) < 4.78 is 91.6. The van der Waals surface area contributed by atoms with Crippen LogP contribution in [0.1, 0.15) is 78.0 Å². The molecular formula is C50H80N10O22P2S2Si2-2. The molecule has 0 aromatic carbocycles. The van der Waals surface area contributed by atoms with Gasteiger partial charge in [-0.3, -0.25) is 27.2 Å². The number of nitrogens with two attached hydrogens (primary N) is 2. The van der Waals surface area contributed by atoms with Gasteiger partial charge in [0, 0.05) is 48.8 Å². The standard InChI is InChI=1S/C50H82N10O22P2S2Si2/c1-23-17-59(47(67)55-41(23)65)33-13-27(63)31(75-33)21-73-83(69,70)79-37-29(19-61)77-35(39(37)81-87(9,10)49(3,4)5)25-15-53-45(51)57-43(25)85-86-44-26(16-54-46(52)58-44)36-40(82-88(11,12)50(6,7)8)38(30(20-62)78-36)80-84(71,72)74-22-32-28(64)14-34(76-32)60-18-24(2)42(66)56-48(60)68/h15-18,27-40,43-44,61-64H,13-14,19-22H2,1-12H3,(H,69,70)(H,71,72)(H3,51,53,57)(H3,52,54,58)(H,55,65,67)(H,56,66,68)/p-2/t27-,28-,29+,30+,31+,32+,33+,34+,35-,36-,37+,38+,39-,40-,43?,44?/m0/s1. The summed E-state index contributed by atoms with van der Waals surface area (Å²) in [6.45, 7) is 19.7. The molecule has 4 fully saturated rings. The molecule has 0 bridgehead atoms.